The smallest absolute Gasteiger partial charge is 0.0900 e. The highest BCUT2D eigenvalue weighted by atomic mass is 16.5. The number of ether oxygens (including phenoxy) is 1. The summed E-state index contributed by atoms with van der Waals surface area (Å²) in [5.74, 6) is 1.18. The molecule has 0 aliphatic rings. The van der Waals surface area contributed by atoms with Crippen LogP contribution in [0.15, 0.2) is 18.3 Å². The molecular weight excluding hydrogens is 276 g/mol. The highest BCUT2D eigenvalue weighted by Gasteiger charge is 2.14. The third kappa shape index (κ3) is 7.97. The van der Waals surface area contributed by atoms with E-state index in [0.717, 1.165) is 19.5 Å². The van der Waals surface area contributed by atoms with Gasteiger partial charge in [0.1, 0.15) is 0 Å². The Labute approximate surface area is 136 Å². The molecule has 1 heterocycles. The third-order valence-corrected chi connectivity index (χ3v) is 3.69. The minimum atomic E-state index is -0.425. The summed E-state index contributed by atoms with van der Waals surface area (Å²) < 4.78 is 7.70. The molecule has 0 saturated heterocycles. The summed E-state index contributed by atoms with van der Waals surface area (Å²) in [5.41, 5.74) is 1.28. The summed E-state index contributed by atoms with van der Waals surface area (Å²) in [7, 11) is 2.07. The highest BCUT2D eigenvalue weighted by molar-refractivity contribution is 5.06. The van der Waals surface area contributed by atoms with Crippen LogP contribution in [0.2, 0.25) is 0 Å². The standard InChI is InChI=1S/C18H34N2O2/c1-15(2)8-10-20(11-17-7-6-9-19(17)5)12-18(21)14-22-13-16(3)4/h6-7,9,15-16,18,21H,8,10-14H2,1-5H3. The van der Waals surface area contributed by atoms with Gasteiger partial charge in [0.05, 0.1) is 12.7 Å². The van der Waals surface area contributed by atoms with Crippen molar-refractivity contribution in [3.63, 3.8) is 0 Å². The predicted molar refractivity (Wildman–Crippen MR) is 91.8 cm³/mol. The number of aliphatic hydroxyl groups is 1. The zero-order valence-corrected chi connectivity index (χ0v) is 15.0. The molecule has 22 heavy (non-hydrogen) atoms. The van der Waals surface area contributed by atoms with Crippen molar-refractivity contribution in [2.45, 2.75) is 46.8 Å². The van der Waals surface area contributed by atoms with E-state index in [4.69, 9.17) is 4.74 Å². The van der Waals surface area contributed by atoms with E-state index in [2.05, 4.69) is 62.5 Å². The summed E-state index contributed by atoms with van der Waals surface area (Å²) in [5, 5.41) is 10.2. The van der Waals surface area contributed by atoms with Crippen LogP contribution in [0, 0.1) is 11.8 Å². The van der Waals surface area contributed by atoms with Gasteiger partial charge in [-0.05, 0) is 36.9 Å². The molecule has 1 aromatic heterocycles. The van der Waals surface area contributed by atoms with Crippen molar-refractivity contribution in [1.29, 1.82) is 0 Å². The largest absolute Gasteiger partial charge is 0.389 e. The lowest BCUT2D eigenvalue weighted by atomic mass is 10.1. The maximum absolute atomic E-state index is 10.2. The molecule has 1 rings (SSSR count). The summed E-state index contributed by atoms with van der Waals surface area (Å²) in [6.45, 7) is 12.4. The lowest BCUT2D eigenvalue weighted by molar-refractivity contribution is 0.00599. The van der Waals surface area contributed by atoms with E-state index in [0.29, 0.717) is 31.6 Å². The summed E-state index contributed by atoms with van der Waals surface area (Å²) >= 11 is 0. The topological polar surface area (TPSA) is 37.6 Å². The number of nitrogens with zero attached hydrogens (tertiary/aromatic N) is 2. The van der Waals surface area contributed by atoms with E-state index < -0.39 is 6.10 Å². The molecule has 0 aliphatic carbocycles. The molecule has 4 heteroatoms. The molecule has 128 valence electrons. The van der Waals surface area contributed by atoms with E-state index >= 15 is 0 Å². The second-order valence-corrected chi connectivity index (χ2v) is 7.11. The van der Waals surface area contributed by atoms with Crippen molar-refractivity contribution < 1.29 is 9.84 Å². The molecule has 1 N–H and O–H groups in total. The molecule has 0 amide bonds. The number of rotatable bonds is 11. The maximum atomic E-state index is 10.2. The van der Waals surface area contributed by atoms with Gasteiger partial charge in [0, 0.05) is 38.6 Å². The van der Waals surface area contributed by atoms with Crippen LogP contribution in [-0.4, -0.2) is 47.0 Å². The monoisotopic (exact) mass is 310 g/mol. The molecular formula is C18H34N2O2. The van der Waals surface area contributed by atoms with Crippen LogP contribution in [0.3, 0.4) is 0 Å². The van der Waals surface area contributed by atoms with Gasteiger partial charge in [-0.15, -0.1) is 0 Å². The van der Waals surface area contributed by atoms with Gasteiger partial charge in [0.15, 0.2) is 0 Å². The molecule has 0 fully saturated rings. The first kappa shape index (κ1) is 19.2. The quantitative estimate of drug-likeness (QED) is 0.683. The van der Waals surface area contributed by atoms with Gasteiger partial charge >= 0.3 is 0 Å². The third-order valence-electron chi connectivity index (χ3n) is 3.69. The van der Waals surface area contributed by atoms with Gasteiger partial charge in [-0.25, -0.2) is 0 Å². The molecule has 1 unspecified atom stereocenters. The SMILES string of the molecule is CC(C)CCN(Cc1cccn1C)CC(O)COCC(C)C. The Morgan fingerprint density at radius 3 is 2.45 bits per heavy atom. The molecule has 0 bridgehead atoms. The van der Waals surface area contributed by atoms with E-state index in [9.17, 15) is 5.11 Å². The summed E-state index contributed by atoms with van der Waals surface area (Å²) in [4.78, 5) is 2.33. The molecule has 1 aromatic rings. The number of hydrogen-bond donors (Lipinski definition) is 1. The van der Waals surface area contributed by atoms with E-state index in [1.165, 1.54) is 5.69 Å². The fourth-order valence-corrected chi connectivity index (χ4v) is 2.36. The maximum Gasteiger partial charge on any atom is 0.0900 e. The van der Waals surface area contributed by atoms with Crippen LogP contribution in [0.25, 0.3) is 0 Å². The zero-order chi connectivity index (χ0) is 16.5. The molecule has 0 aromatic carbocycles. The highest BCUT2D eigenvalue weighted by Crippen LogP contribution is 2.09. The minimum absolute atomic E-state index is 0.420. The number of aromatic nitrogens is 1. The van der Waals surface area contributed by atoms with Gasteiger partial charge in [-0.2, -0.15) is 0 Å². The Kier molecular flexibility index (Phi) is 8.76. The lowest BCUT2D eigenvalue weighted by Crippen LogP contribution is -2.36. The van der Waals surface area contributed by atoms with Crippen molar-refractivity contribution in [2.75, 3.05) is 26.3 Å². The zero-order valence-electron chi connectivity index (χ0n) is 15.0. The second-order valence-electron chi connectivity index (χ2n) is 7.11. The van der Waals surface area contributed by atoms with Gasteiger partial charge in [-0.1, -0.05) is 27.7 Å². The molecule has 0 aliphatic heterocycles. The van der Waals surface area contributed by atoms with Crippen LogP contribution < -0.4 is 0 Å². The molecule has 0 saturated carbocycles. The summed E-state index contributed by atoms with van der Waals surface area (Å²) in [6.07, 6.45) is 2.79. The Hall–Kier alpha value is -0.840. The number of aliphatic hydroxyl groups excluding tert-OH is 1. The fraction of sp³-hybridized carbons (Fsp3) is 0.778. The van der Waals surface area contributed by atoms with Crippen LogP contribution in [-0.2, 0) is 18.3 Å². The van der Waals surface area contributed by atoms with Gasteiger partial charge < -0.3 is 14.4 Å². The van der Waals surface area contributed by atoms with Crippen molar-refractivity contribution in [3.05, 3.63) is 24.0 Å². The average molecular weight is 310 g/mol. The Morgan fingerprint density at radius 1 is 1.18 bits per heavy atom. The van der Waals surface area contributed by atoms with Crippen LogP contribution in [0.1, 0.15) is 39.8 Å². The first-order chi connectivity index (χ1) is 10.4. The van der Waals surface area contributed by atoms with Crippen molar-refractivity contribution in [3.8, 4) is 0 Å². The molecule has 0 spiro atoms. The van der Waals surface area contributed by atoms with Gasteiger partial charge in [-0.3, -0.25) is 4.90 Å². The van der Waals surface area contributed by atoms with Crippen molar-refractivity contribution in [2.24, 2.45) is 18.9 Å². The Bertz CT molecular complexity index is 402. The lowest BCUT2D eigenvalue weighted by Gasteiger charge is -2.26. The first-order valence-electron chi connectivity index (χ1n) is 8.46. The predicted octanol–water partition coefficient (Wildman–Crippen LogP) is 2.91. The Balaban J connectivity index is 2.48. The van der Waals surface area contributed by atoms with Gasteiger partial charge in [0.2, 0.25) is 0 Å². The van der Waals surface area contributed by atoms with E-state index in [1.807, 2.05) is 0 Å². The van der Waals surface area contributed by atoms with E-state index in [1.54, 1.807) is 0 Å². The second kappa shape index (κ2) is 10.0. The molecule has 4 nitrogen and oxygen atoms in total. The van der Waals surface area contributed by atoms with Crippen LogP contribution in [0.5, 0.6) is 0 Å². The fourth-order valence-electron chi connectivity index (χ4n) is 2.36. The normalized spacial score (nSPS) is 13.5. The number of aryl methyl sites for hydroxylation is 1. The Morgan fingerprint density at radius 2 is 1.91 bits per heavy atom. The van der Waals surface area contributed by atoms with Crippen molar-refractivity contribution >= 4 is 0 Å². The van der Waals surface area contributed by atoms with Crippen LogP contribution in [0.4, 0.5) is 0 Å². The summed E-state index contributed by atoms with van der Waals surface area (Å²) in [6, 6.07) is 4.21. The molecule has 0 radical (unpaired) electrons. The molecule has 1 atom stereocenters. The minimum Gasteiger partial charge on any atom is -0.389 e. The average Bonchev–Trinajstić information content (AvgIpc) is 2.81. The number of hydrogen-bond acceptors (Lipinski definition) is 3. The van der Waals surface area contributed by atoms with Crippen LogP contribution >= 0.6 is 0 Å². The first-order valence-corrected chi connectivity index (χ1v) is 8.46. The van der Waals surface area contributed by atoms with Crippen molar-refractivity contribution in [1.82, 2.24) is 9.47 Å². The van der Waals surface area contributed by atoms with E-state index in [-0.39, 0.29) is 0 Å². The van der Waals surface area contributed by atoms with Gasteiger partial charge in [0.25, 0.3) is 0 Å².